The first-order valence-electron chi connectivity index (χ1n) is 11.6. The Kier molecular flexibility index (Phi) is 11.0. The third-order valence-corrected chi connectivity index (χ3v) is 12.4. The van der Waals surface area contributed by atoms with Gasteiger partial charge < -0.3 is 24.8 Å². The largest absolute Gasteiger partial charge is 1.00 e. The molecule has 4 rings (SSSR count). The second-order valence-electron chi connectivity index (χ2n) is 9.76. The van der Waals surface area contributed by atoms with Crippen LogP contribution in [-0.2, 0) is 22.6 Å². The number of hydrogen-bond donors (Lipinski definition) is 0. The predicted molar refractivity (Wildman–Crippen MR) is 118 cm³/mol. The standard InChI is InChI=1S/C25H37OP.2ClH.Ru/c1-25(2,26-19-20-11-4-3-5-12-20)23-17-10-18-24(23)27(21-13-6-7-14-21)22-15-8-9-16-22;;;/h3-5,11-12,21-24H,6-10,13-18H2,1-2H3;2*1H;/q;;;+2/p-2. The molecular weight excluding hydrogens is 519 g/mol. The van der Waals surface area contributed by atoms with E-state index in [0.29, 0.717) is 0 Å². The molecule has 1 aromatic carbocycles. The summed E-state index contributed by atoms with van der Waals surface area (Å²) in [6.45, 7) is 4.75. The molecule has 1 aromatic rings. The summed E-state index contributed by atoms with van der Waals surface area (Å²) >= 11 is 2.76. The second-order valence-corrected chi connectivity index (χ2v) is 13.6. The predicted octanol–water partition coefficient (Wildman–Crippen LogP) is 1.05. The van der Waals surface area contributed by atoms with Gasteiger partial charge in [-0.25, -0.2) is 0 Å². The third kappa shape index (κ3) is 6.17. The van der Waals surface area contributed by atoms with Crippen molar-refractivity contribution >= 4 is 12.2 Å². The van der Waals surface area contributed by atoms with Crippen LogP contribution in [0.25, 0.3) is 0 Å². The molecule has 3 fully saturated rings. The summed E-state index contributed by atoms with van der Waals surface area (Å²) < 4.78 is 7.74. The molecule has 0 heterocycles. The molecule has 2 atom stereocenters. The van der Waals surface area contributed by atoms with Gasteiger partial charge in [-0.1, -0.05) is 0 Å². The van der Waals surface area contributed by atoms with Crippen molar-refractivity contribution in [2.45, 2.75) is 107 Å². The zero-order valence-corrected chi connectivity index (χ0v) is 22.6. The molecule has 0 N–H and O–H groups in total. The Hall–Kier alpha value is 0.683. The Morgan fingerprint density at radius 3 is 1.90 bits per heavy atom. The molecule has 3 saturated carbocycles. The Balaban J connectivity index is 0.00000160. The van der Waals surface area contributed by atoms with E-state index in [-0.39, 0.29) is 38.3 Å². The molecule has 0 saturated heterocycles. The van der Waals surface area contributed by atoms with E-state index in [0.717, 1.165) is 27.2 Å². The Bertz CT molecular complexity index is 640. The monoisotopic (exact) mass is 556 g/mol. The first kappa shape index (κ1) is 26.9. The van der Waals surface area contributed by atoms with Gasteiger partial charge in [0.05, 0.1) is 0 Å². The minimum Gasteiger partial charge on any atom is -1.00 e. The van der Waals surface area contributed by atoms with Crippen molar-refractivity contribution in [2.75, 3.05) is 0 Å². The van der Waals surface area contributed by atoms with Gasteiger partial charge in [0, 0.05) is 0 Å². The third-order valence-electron chi connectivity index (χ3n) is 7.59. The molecule has 0 aromatic heterocycles. The van der Waals surface area contributed by atoms with Gasteiger partial charge in [-0.05, 0) is 0 Å². The van der Waals surface area contributed by atoms with E-state index in [9.17, 15) is 0 Å². The van der Waals surface area contributed by atoms with E-state index in [1.54, 1.807) is 0 Å². The fourth-order valence-electron chi connectivity index (χ4n) is 6.28. The van der Waals surface area contributed by atoms with E-state index >= 15 is 0 Å². The first-order valence-corrected chi connectivity index (χ1v) is 14.0. The van der Waals surface area contributed by atoms with Crippen LogP contribution in [0.4, 0.5) is 0 Å². The molecule has 30 heavy (non-hydrogen) atoms. The van der Waals surface area contributed by atoms with Crippen molar-refractivity contribution in [2.24, 2.45) is 5.92 Å². The van der Waals surface area contributed by atoms with Gasteiger partial charge >= 0.3 is 184 Å². The summed E-state index contributed by atoms with van der Waals surface area (Å²) in [6.07, 6.45) is 16.3. The van der Waals surface area contributed by atoms with Crippen molar-refractivity contribution < 1.29 is 47.4 Å². The summed E-state index contributed by atoms with van der Waals surface area (Å²) in [6, 6.07) is 10.6. The Labute approximate surface area is 207 Å². The normalized spacial score (nSPS) is 25.3. The van der Waals surface area contributed by atoms with E-state index in [1.807, 2.05) is 0 Å². The average molecular weight is 557 g/mol. The van der Waals surface area contributed by atoms with Crippen molar-refractivity contribution in [1.29, 1.82) is 0 Å². The van der Waals surface area contributed by atoms with Crippen LogP contribution >= 0.6 is 7.92 Å². The van der Waals surface area contributed by atoms with E-state index in [4.69, 9.17) is 4.74 Å². The molecule has 2 unspecified atom stereocenters. The molecule has 0 radical (unpaired) electrons. The maximum absolute atomic E-state index is 6.71. The summed E-state index contributed by atoms with van der Waals surface area (Å²) in [5, 5.41) is 0. The van der Waals surface area contributed by atoms with Crippen molar-refractivity contribution in [3.63, 3.8) is 0 Å². The fourth-order valence-corrected chi connectivity index (χ4v) is 12.0. The van der Waals surface area contributed by atoms with Crippen molar-refractivity contribution in [3.8, 4) is 0 Å². The molecule has 3 aliphatic rings. The summed E-state index contributed by atoms with van der Waals surface area (Å²) in [5.74, 6) is 0.723. The molecule has 3 aliphatic carbocycles. The van der Waals surface area contributed by atoms with Gasteiger partial charge in [-0.3, -0.25) is 0 Å². The van der Waals surface area contributed by atoms with Crippen LogP contribution in [0.2, 0.25) is 0 Å². The van der Waals surface area contributed by atoms with Gasteiger partial charge in [0.1, 0.15) is 0 Å². The molecule has 5 heteroatoms. The zero-order chi connectivity index (χ0) is 19.6. The maximum atomic E-state index is 6.71. The summed E-state index contributed by atoms with van der Waals surface area (Å²) in [4.78, 5) is 0. The fraction of sp³-hybridized carbons (Fsp3) is 0.720. The maximum Gasteiger partial charge on any atom is -1.00 e. The molecule has 0 aliphatic heterocycles. The molecule has 0 spiro atoms. The zero-order valence-electron chi connectivity index (χ0n) is 18.4. The minimum atomic E-state index is -0.0742. The van der Waals surface area contributed by atoms with Crippen LogP contribution in [-0.4, -0.2) is 26.9 Å². The van der Waals surface area contributed by atoms with E-state index in [1.165, 1.54) is 76.2 Å². The van der Waals surface area contributed by atoms with E-state index in [2.05, 4.69) is 62.0 Å². The topological polar surface area (TPSA) is 9.23 Å². The number of hydrogen-bond acceptors (Lipinski definition) is 1. The van der Waals surface area contributed by atoms with Crippen LogP contribution in [0.5, 0.6) is 0 Å². The first-order chi connectivity index (χ1) is 13.6. The summed E-state index contributed by atoms with van der Waals surface area (Å²) in [7, 11) is 0.158. The van der Waals surface area contributed by atoms with Crippen LogP contribution in [0.15, 0.2) is 30.3 Å². The Morgan fingerprint density at radius 2 is 1.37 bits per heavy atom. The number of rotatable bonds is 7. The molecular formula is C25H37Cl2OPRu. The van der Waals surface area contributed by atoms with Crippen molar-refractivity contribution in [3.05, 3.63) is 35.9 Å². The SMILES string of the molecule is CC(C)(O[C](=[Ru+2])c1ccccc1)C1CCCC1P(C1CCCC1)C1CCCC1.[Cl-].[Cl-]. The smallest absolute Gasteiger partial charge is 1.00 e. The Morgan fingerprint density at radius 1 is 0.833 bits per heavy atom. The molecule has 1 nitrogen and oxygen atoms in total. The molecule has 0 amide bonds. The van der Waals surface area contributed by atoms with Gasteiger partial charge in [-0.15, -0.1) is 0 Å². The molecule has 0 bridgehead atoms. The van der Waals surface area contributed by atoms with Gasteiger partial charge in [-0.2, -0.15) is 0 Å². The molecule has 170 valence electrons. The van der Waals surface area contributed by atoms with Gasteiger partial charge in [0.15, 0.2) is 0 Å². The number of benzene rings is 1. The average Bonchev–Trinajstić information content (AvgIpc) is 3.46. The number of halogens is 2. The van der Waals surface area contributed by atoms with Crippen LogP contribution in [0, 0.1) is 5.92 Å². The summed E-state index contributed by atoms with van der Waals surface area (Å²) in [5.41, 5.74) is 4.19. The second kappa shape index (κ2) is 12.2. The van der Waals surface area contributed by atoms with Gasteiger partial charge in [0.2, 0.25) is 0 Å². The van der Waals surface area contributed by atoms with Crippen LogP contribution < -0.4 is 24.8 Å². The number of ether oxygens (including phenoxy) is 1. The van der Waals surface area contributed by atoms with Crippen molar-refractivity contribution in [1.82, 2.24) is 0 Å². The minimum absolute atomic E-state index is 0. The van der Waals surface area contributed by atoms with E-state index < -0.39 is 0 Å². The van der Waals surface area contributed by atoms with Crippen LogP contribution in [0.1, 0.15) is 90.0 Å². The quantitative estimate of drug-likeness (QED) is 0.361. The van der Waals surface area contributed by atoms with Crippen LogP contribution in [0.3, 0.4) is 0 Å². The van der Waals surface area contributed by atoms with Gasteiger partial charge in [0.25, 0.3) is 0 Å².